The van der Waals surface area contributed by atoms with Crippen molar-refractivity contribution < 1.29 is 19.7 Å². The van der Waals surface area contributed by atoms with Crippen molar-refractivity contribution in [2.45, 2.75) is 0 Å². The highest BCUT2D eigenvalue weighted by Crippen LogP contribution is 2.25. The van der Waals surface area contributed by atoms with Gasteiger partial charge in [-0.15, -0.1) is 0 Å². The zero-order valence-corrected chi connectivity index (χ0v) is 13.4. The second-order valence-electron chi connectivity index (χ2n) is 5.34. The molecule has 0 bridgehead atoms. The SMILES string of the molecule is COc1ccc(O)c(/C=N\NC(=O)c2cc3ccccc3cc2O)c1. The van der Waals surface area contributed by atoms with E-state index >= 15 is 0 Å². The van der Waals surface area contributed by atoms with Crippen LogP contribution in [-0.4, -0.2) is 29.4 Å². The molecule has 3 aromatic rings. The van der Waals surface area contributed by atoms with Crippen molar-refractivity contribution in [3.8, 4) is 17.2 Å². The summed E-state index contributed by atoms with van der Waals surface area (Å²) in [6.07, 6.45) is 1.30. The minimum atomic E-state index is -0.554. The number of fused-ring (bicyclic) bond motifs is 1. The van der Waals surface area contributed by atoms with E-state index in [1.807, 2.05) is 24.3 Å². The molecule has 0 heterocycles. The Hall–Kier alpha value is -3.54. The molecule has 6 heteroatoms. The van der Waals surface area contributed by atoms with Crippen molar-refractivity contribution in [1.29, 1.82) is 0 Å². The molecule has 0 saturated carbocycles. The molecule has 1 amide bonds. The van der Waals surface area contributed by atoms with Crippen molar-refractivity contribution in [2.24, 2.45) is 5.10 Å². The van der Waals surface area contributed by atoms with Crippen molar-refractivity contribution in [2.75, 3.05) is 7.11 Å². The Balaban J connectivity index is 1.80. The summed E-state index contributed by atoms with van der Waals surface area (Å²) in [7, 11) is 1.51. The summed E-state index contributed by atoms with van der Waals surface area (Å²) in [5.74, 6) is -0.123. The Kier molecular flexibility index (Phi) is 4.52. The van der Waals surface area contributed by atoms with Crippen LogP contribution < -0.4 is 10.2 Å². The second kappa shape index (κ2) is 6.92. The zero-order valence-electron chi connectivity index (χ0n) is 13.4. The van der Waals surface area contributed by atoms with Gasteiger partial charge in [-0.2, -0.15) is 5.10 Å². The number of hydrogen-bond donors (Lipinski definition) is 3. The maximum Gasteiger partial charge on any atom is 0.275 e. The topological polar surface area (TPSA) is 91.2 Å². The fourth-order valence-electron chi connectivity index (χ4n) is 2.39. The van der Waals surface area contributed by atoms with Gasteiger partial charge in [0, 0.05) is 5.56 Å². The predicted octanol–water partition coefficient (Wildman–Crippen LogP) is 3.02. The molecule has 0 aliphatic carbocycles. The number of hydrogen-bond acceptors (Lipinski definition) is 5. The van der Waals surface area contributed by atoms with Crippen LogP contribution in [0.3, 0.4) is 0 Å². The number of carbonyl (C=O) groups excluding carboxylic acids is 1. The van der Waals surface area contributed by atoms with Crippen molar-refractivity contribution >= 4 is 22.9 Å². The van der Waals surface area contributed by atoms with Crippen LogP contribution in [0.1, 0.15) is 15.9 Å². The molecular weight excluding hydrogens is 320 g/mol. The van der Waals surface area contributed by atoms with E-state index in [1.165, 1.54) is 25.5 Å². The minimum absolute atomic E-state index is 0.00681. The number of nitrogens with one attached hydrogen (secondary N) is 1. The van der Waals surface area contributed by atoms with E-state index in [2.05, 4.69) is 10.5 Å². The molecule has 3 aromatic carbocycles. The Morgan fingerprint density at radius 1 is 1.04 bits per heavy atom. The number of phenolic OH excluding ortho intramolecular Hbond substituents is 2. The summed E-state index contributed by atoms with van der Waals surface area (Å²) >= 11 is 0. The standard InChI is InChI=1S/C19H16N2O4/c1-25-15-6-7-17(22)14(8-15)11-20-21-19(24)16-9-12-4-2-3-5-13(12)10-18(16)23/h2-11,22-23H,1H3,(H,21,24)/b20-11-. The molecule has 0 aliphatic rings. The number of rotatable bonds is 4. The van der Waals surface area contributed by atoms with E-state index < -0.39 is 5.91 Å². The molecule has 0 aliphatic heterocycles. The molecule has 0 aromatic heterocycles. The number of benzene rings is 3. The molecule has 0 fully saturated rings. The predicted molar refractivity (Wildman–Crippen MR) is 95.3 cm³/mol. The van der Waals surface area contributed by atoms with Crippen LogP contribution in [0, 0.1) is 0 Å². The van der Waals surface area contributed by atoms with E-state index in [4.69, 9.17) is 4.74 Å². The minimum Gasteiger partial charge on any atom is -0.507 e. The molecule has 0 radical (unpaired) electrons. The van der Waals surface area contributed by atoms with Crippen LogP contribution in [0.5, 0.6) is 17.2 Å². The number of nitrogens with zero attached hydrogens (tertiary/aromatic N) is 1. The highest BCUT2D eigenvalue weighted by atomic mass is 16.5. The third-order valence-corrected chi connectivity index (χ3v) is 3.71. The molecule has 126 valence electrons. The lowest BCUT2D eigenvalue weighted by Gasteiger charge is -2.06. The van der Waals surface area contributed by atoms with E-state index in [-0.39, 0.29) is 17.1 Å². The highest BCUT2D eigenvalue weighted by Gasteiger charge is 2.11. The van der Waals surface area contributed by atoms with Gasteiger partial charge in [0.15, 0.2) is 0 Å². The van der Waals surface area contributed by atoms with Gasteiger partial charge in [0.05, 0.1) is 18.9 Å². The molecule has 0 spiro atoms. The highest BCUT2D eigenvalue weighted by molar-refractivity contribution is 6.01. The first-order chi connectivity index (χ1) is 12.1. The molecular formula is C19H16N2O4. The monoisotopic (exact) mass is 336 g/mol. The van der Waals surface area contributed by atoms with Gasteiger partial charge >= 0.3 is 0 Å². The first kappa shape index (κ1) is 16.3. The lowest BCUT2D eigenvalue weighted by atomic mass is 10.1. The van der Waals surface area contributed by atoms with Crippen LogP contribution in [0.25, 0.3) is 10.8 Å². The van der Waals surface area contributed by atoms with Gasteiger partial charge in [-0.25, -0.2) is 5.43 Å². The average Bonchev–Trinajstić information content (AvgIpc) is 2.62. The third kappa shape index (κ3) is 3.53. The number of methoxy groups -OCH3 is 1. The average molecular weight is 336 g/mol. The van der Waals surface area contributed by atoms with Crippen LogP contribution >= 0.6 is 0 Å². The Labute approximate surface area is 144 Å². The van der Waals surface area contributed by atoms with Crippen LogP contribution in [0.4, 0.5) is 0 Å². The summed E-state index contributed by atoms with van der Waals surface area (Å²) in [4.78, 5) is 12.2. The van der Waals surface area contributed by atoms with Gasteiger partial charge < -0.3 is 14.9 Å². The summed E-state index contributed by atoms with van der Waals surface area (Å²) in [6, 6.07) is 15.2. The van der Waals surface area contributed by atoms with Crippen molar-refractivity contribution in [1.82, 2.24) is 5.43 Å². The summed E-state index contributed by atoms with van der Waals surface area (Å²) < 4.78 is 5.07. The van der Waals surface area contributed by atoms with Gasteiger partial charge in [0.2, 0.25) is 0 Å². The van der Waals surface area contributed by atoms with Gasteiger partial charge in [0.25, 0.3) is 5.91 Å². The quantitative estimate of drug-likeness (QED) is 0.504. The second-order valence-corrected chi connectivity index (χ2v) is 5.34. The van der Waals surface area contributed by atoms with E-state index in [0.29, 0.717) is 11.3 Å². The van der Waals surface area contributed by atoms with Gasteiger partial charge in [0.1, 0.15) is 17.2 Å². The normalized spacial score (nSPS) is 10.9. The molecule has 6 nitrogen and oxygen atoms in total. The molecule has 3 N–H and O–H groups in total. The number of aromatic hydroxyl groups is 2. The summed E-state index contributed by atoms with van der Waals surface area (Å²) in [6.45, 7) is 0. The number of phenols is 2. The smallest absolute Gasteiger partial charge is 0.275 e. The van der Waals surface area contributed by atoms with Gasteiger partial charge in [-0.05, 0) is 41.1 Å². The largest absolute Gasteiger partial charge is 0.507 e. The first-order valence-corrected chi connectivity index (χ1v) is 7.50. The first-order valence-electron chi connectivity index (χ1n) is 7.50. The van der Waals surface area contributed by atoms with Crippen LogP contribution in [-0.2, 0) is 0 Å². The zero-order chi connectivity index (χ0) is 17.8. The Morgan fingerprint density at radius 2 is 1.76 bits per heavy atom. The lowest BCUT2D eigenvalue weighted by Crippen LogP contribution is -2.17. The summed E-state index contributed by atoms with van der Waals surface area (Å²) in [5.41, 5.74) is 2.84. The molecule has 3 rings (SSSR count). The van der Waals surface area contributed by atoms with Gasteiger partial charge in [-0.1, -0.05) is 24.3 Å². The number of carbonyl (C=O) groups is 1. The van der Waals surface area contributed by atoms with E-state index in [1.54, 1.807) is 18.2 Å². The molecule has 25 heavy (non-hydrogen) atoms. The maximum absolute atomic E-state index is 12.2. The maximum atomic E-state index is 12.2. The number of amides is 1. The van der Waals surface area contributed by atoms with Crippen molar-refractivity contribution in [3.05, 3.63) is 65.7 Å². The molecule has 0 saturated heterocycles. The molecule has 0 atom stereocenters. The third-order valence-electron chi connectivity index (χ3n) is 3.71. The molecule has 0 unspecified atom stereocenters. The Morgan fingerprint density at radius 3 is 2.48 bits per heavy atom. The van der Waals surface area contributed by atoms with Crippen LogP contribution in [0.2, 0.25) is 0 Å². The van der Waals surface area contributed by atoms with Crippen LogP contribution in [0.15, 0.2) is 59.7 Å². The van der Waals surface area contributed by atoms with E-state index in [9.17, 15) is 15.0 Å². The fraction of sp³-hybridized carbons (Fsp3) is 0.0526. The number of hydrazone groups is 1. The summed E-state index contributed by atoms with van der Waals surface area (Å²) in [5, 5.41) is 25.3. The van der Waals surface area contributed by atoms with Gasteiger partial charge in [-0.3, -0.25) is 4.79 Å². The lowest BCUT2D eigenvalue weighted by molar-refractivity contribution is 0.0952. The van der Waals surface area contributed by atoms with E-state index in [0.717, 1.165) is 10.8 Å². The Bertz CT molecular complexity index is 967. The fourth-order valence-corrected chi connectivity index (χ4v) is 2.39. The number of ether oxygens (including phenoxy) is 1. The van der Waals surface area contributed by atoms with Crippen molar-refractivity contribution in [3.63, 3.8) is 0 Å².